The molecular formula is C20H27N5. The van der Waals surface area contributed by atoms with Crippen LogP contribution in [0.25, 0.3) is 0 Å². The van der Waals surface area contributed by atoms with Gasteiger partial charge in [-0.15, -0.1) is 0 Å². The highest BCUT2D eigenvalue weighted by atomic mass is 15.3. The molecule has 0 bridgehead atoms. The van der Waals surface area contributed by atoms with Crippen LogP contribution in [0.4, 0.5) is 11.8 Å². The number of fused-ring (bicyclic) bond motifs is 1. The summed E-state index contributed by atoms with van der Waals surface area (Å²) in [6, 6.07) is 8.72. The van der Waals surface area contributed by atoms with Gasteiger partial charge >= 0.3 is 0 Å². The third-order valence-electron chi connectivity index (χ3n) is 5.40. The highest BCUT2D eigenvalue weighted by molar-refractivity contribution is 5.53. The lowest BCUT2D eigenvalue weighted by Gasteiger charge is -2.31. The fourth-order valence-electron chi connectivity index (χ4n) is 3.77. The summed E-state index contributed by atoms with van der Waals surface area (Å²) >= 11 is 0. The molecule has 0 radical (unpaired) electrons. The Morgan fingerprint density at radius 1 is 0.920 bits per heavy atom. The molecule has 25 heavy (non-hydrogen) atoms. The molecule has 0 spiro atoms. The number of anilines is 2. The highest BCUT2D eigenvalue weighted by Crippen LogP contribution is 2.27. The van der Waals surface area contributed by atoms with Gasteiger partial charge in [-0.25, -0.2) is 4.98 Å². The number of rotatable bonds is 2. The molecule has 1 fully saturated rings. The molecule has 5 nitrogen and oxygen atoms in total. The molecule has 4 rings (SSSR count). The fourth-order valence-corrected chi connectivity index (χ4v) is 3.77. The molecule has 5 heteroatoms. The first-order chi connectivity index (χ1) is 12.2. The van der Waals surface area contributed by atoms with E-state index in [1.807, 2.05) is 0 Å². The van der Waals surface area contributed by atoms with E-state index < -0.39 is 0 Å². The summed E-state index contributed by atoms with van der Waals surface area (Å²) in [6.07, 6.45) is 2.23. The largest absolute Gasteiger partial charge is 0.355 e. The van der Waals surface area contributed by atoms with Crippen molar-refractivity contribution in [1.82, 2.24) is 15.3 Å². The van der Waals surface area contributed by atoms with Crippen LogP contribution in [0, 0.1) is 13.8 Å². The van der Waals surface area contributed by atoms with Gasteiger partial charge in [0.2, 0.25) is 5.95 Å². The number of hydrogen-bond donors (Lipinski definition) is 1. The smallest absolute Gasteiger partial charge is 0.227 e. The third kappa shape index (κ3) is 3.33. The van der Waals surface area contributed by atoms with E-state index in [0.717, 1.165) is 69.6 Å². The van der Waals surface area contributed by atoms with E-state index in [-0.39, 0.29) is 0 Å². The van der Waals surface area contributed by atoms with Gasteiger partial charge in [-0.05, 0) is 44.4 Å². The van der Waals surface area contributed by atoms with Crippen LogP contribution in [0.15, 0.2) is 24.3 Å². The van der Waals surface area contributed by atoms with E-state index in [9.17, 15) is 0 Å². The number of benzene rings is 1. The first kappa shape index (κ1) is 16.3. The van der Waals surface area contributed by atoms with E-state index in [1.54, 1.807) is 0 Å². The lowest BCUT2D eigenvalue weighted by molar-refractivity contribution is 0.699. The van der Waals surface area contributed by atoms with Gasteiger partial charge in [-0.2, -0.15) is 4.98 Å². The van der Waals surface area contributed by atoms with Gasteiger partial charge in [0.1, 0.15) is 5.82 Å². The zero-order valence-electron chi connectivity index (χ0n) is 15.3. The number of aromatic nitrogens is 2. The Morgan fingerprint density at radius 3 is 2.64 bits per heavy atom. The Hall–Kier alpha value is -2.14. The van der Waals surface area contributed by atoms with E-state index in [2.05, 4.69) is 53.2 Å². The quantitative estimate of drug-likeness (QED) is 0.912. The van der Waals surface area contributed by atoms with Crippen molar-refractivity contribution in [2.24, 2.45) is 0 Å². The van der Waals surface area contributed by atoms with Gasteiger partial charge in [0.25, 0.3) is 0 Å². The van der Waals surface area contributed by atoms with E-state index in [1.165, 1.54) is 16.7 Å². The first-order valence-corrected chi connectivity index (χ1v) is 9.35. The summed E-state index contributed by atoms with van der Waals surface area (Å²) < 4.78 is 0. The first-order valence-electron chi connectivity index (χ1n) is 9.35. The van der Waals surface area contributed by atoms with Crippen LogP contribution >= 0.6 is 0 Å². The van der Waals surface area contributed by atoms with Crippen LogP contribution < -0.4 is 15.1 Å². The van der Waals surface area contributed by atoms with Crippen LogP contribution in [-0.2, 0) is 13.0 Å². The van der Waals surface area contributed by atoms with E-state index in [0.29, 0.717) is 0 Å². The second kappa shape index (κ2) is 7.00. The fraction of sp³-hybridized carbons (Fsp3) is 0.500. The number of nitrogens with one attached hydrogen (secondary N) is 1. The zero-order valence-corrected chi connectivity index (χ0v) is 15.3. The summed E-state index contributed by atoms with van der Waals surface area (Å²) in [5, 5.41) is 3.47. The summed E-state index contributed by atoms with van der Waals surface area (Å²) in [5.74, 6) is 2.00. The van der Waals surface area contributed by atoms with Crippen molar-refractivity contribution in [2.45, 2.75) is 33.2 Å². The molecule has 1 N–H and O–H groups in total. The molecule has 1 saturated heterocycles. The molecule has 0 aliphatic carbocycles. The summed E-state index contributed by atoms with van der Waals surface area (Å²) in [6.45, 7) is 10.3. The van der Waals surface area contributed by atoms with E-state index >= 15 is 0 Å². The molecule has 0 saturated carbocycles. The zero-order chi connectivity index (χ0) is 17.2. The van der Waals surface area contributed by atoms with Crippen LogP contribution in [0.3, 0.4) is 0 Å². The van der Waals surface area contributed by atoms with Crippen LogP contribution in [0.5, 0.6) is 0 Å². The van der Waals surface area contributed by atoms with Crippen LogP contribution in [0.2, 0.25) is 0 Å². The standard InChI is InChI=1S/C20H27N5/c1-15-16(2)22-20(23-19(15)24-11-5-9-21-10-13-24)25-12-8-17-6-3-4-7-18(17)14-25/h3-4,6-7,21H,5,8-14H2,1-2H3. The maximum Gasteiger partial charge on any atom is 0.227 e. The summed E-state index contributed by atoms with van der Waals surface area (Å²) in [5.41, 5.74) is 5.16. The Labute approximate surface area is 150 Å². The van der Waals surface area contributed by atoms with Crippen molar-refractivity contribution in [3.05, 3.63) is 46.6 Å². The average Bonchev–Trinajstić information content (AvgIpc) is 2.93. The molecule has 2 aromatic rings. The van der Waals surface area contributed by atoms with Gasteiger partial charge < -0.3 is 15.1 Å². The van der Waals surface area contributed by atoms with Crippen molar-refractivity contribution in [3.8, 4) is 0 Å². The summed E-state index contributed by atoms with van der Waals surface area (Å²) in [7, 11) is 0. The number of hydrogen-bond acceptors (Lipinski definition) is 5. The minimum Gasteiger partial charge on any atom is -0.355 e. The molecule has 1 aromatic heterocycles. The monoisotopic (exact) mass is 337 g/mol. The Bertz CT molecular complexity index is 750. The maximum atomic E-state index is 5.01. The van der Waals surface area contributed by atoms with Gasteiger partial charge in [0.05, 0.1) is 0 Å². The summed E-state index contributed by atoms with van der Waals surface area (Å²) in [4.78, 5) is 14.6. The highest BCUT2D eigenvalue weighted by Gasteiger charge is 2.22. The molecule has 2 aliphatic heterocycles. The second-order valence-corrected chi connectivity index (χ2v) is 7.09. The predicted molar refractivity (Wildman–Crippen MR) is 102 cm³/mol. The topological polar surface area (TPSA) is 44.3 Å². The molecule has 0 amide bonds. The van der Waals surface area contributed by atoms with Gasteiger partial charge in [0.15, 0.2) is 0 Å². The minimum absolute atomic E-state index is 0.879. The van der Waals surface area contributed by atoms with Crippen molar-refractivity contribution in [1.29, 1.82) is 0 Å². The van der Waals surface area contributed by atoms with Gasteiger partial charge in [-0.3, -0.25) is 0 Å². The molecule has 0 atom stereocenters. The Kier molecular flexibility index (Phi) is 4.57. The minimum atomic E-state index is 0.879. The Balaban J connectivity index is 1.64. The predicted octanol–water partition coefficient (Wildman–Crippen LogP) is 2.46. The second-order valence-electron chi connectivity index (χ2n) is 7.09. The van der Waals surface area contributed by atoms with Crippen molar-refractivity contribution in [2.75, 3.05) is 42.5 Å². The third-order valence-corrected chi connectivity index (χ3v) is 5.40. The lowest BCUT2D eigenvalue weighted by atomic mass is 10.0. The normalized spacial score (nSPS) is 18.0. The molecule has 2 aliphatic rings. The molecule has 0 unspecified atom stereocenters. The molecule has 1 aromatic carbocycles. The van der Waals surface area contributed by atoms with Gasteiger partial charge in [0, 0.05) is 44.0 Å². The number of nitrogens with zero attached hydrogens (tertiary/aromatic N) is 4. The van der Waals surface area contributed by atoms with E-state index in [4.69, 9.17) is 9.97 Å². The SMILES string of the molecule is Cc1nc(N2CCc3ccccc3C2)nc(N2CCCNCC2)c1C. The van der Waals surface area contributed by atoms with Crippen molar-refractivity contribution < 1.29 is 0 Å². The molecular weight excluding hydrogens is 310 g/mol. The van der Waals surface area contributed by atoms with Gasteiger partial charge in [-0.1, -0.05) is 24.3 Å². The Morgan fingerprint density at radius 2 is 1.76 bits per heavy atom. The number of aryl methyl sites for hydroxylation is 1. The lowest BCUT2D eigenvalue weighted by Crippen LogP contribution is -2.34. The maximum absolute atomic E-state index is 5.01. The van der Waals surface area contributed by atoms with Crippen LogP contribution in [-0.4, -0.2) is 42.7 Å². The average molecular weight is 337 g/mol. The van der Waals surface area contributed by atoms with Crippen LogP contribution in [0.1, 0.15) is 28.8 Å². The van der Waals surface area contributed by atoms with Crippen molar-refractivity contribution in [3.63, 3.8) is 0 Å². The van der Waals surface area contributed by atoms with Crippen molar-refractivity contribution >= 4 is 11.8 Å². The molecule has 132 valence electrons. The molecule has 3 heterocycles.